The molecule has 0 aliphatic carbocycles. The van der Waals surface area contributed by atoms with Crippen LogP contribution in [0.1, 0.15) is 60.3 Å². The molecular formula is C12H26S. The molecule has 0 fully saturated rings. The standard InChI is InChI=1S/C12H26S/c1-6-8-9-10(3)11(13)12(4,5)7-2/h10-11,13H,6-9H2,1-5H3. The molecule has 13 heavy (non-hydrogen) atoms. The van der Waals surface area contributed by atoms with Crippen LogP contribution in [0, 0.1) is 11.3 Å². The molecule has 0 saturated carbocycles. The Bertz CT molecular complexity index is 129. The van der Waals surface area contributed by atoms with Crippen molar-refractivity contribution in [3.63, 3.8) is 0 Å². The molecule has 0 N–H and O–H groups in total. The first-order valence-corrected chi connectivity index (χ1v) is 6.15. The van der Waals surface area contributed by atoms with Crippen LogP contribution in [0.25, 0.3) is 0 Å². The van der Waals surface area contributed by atoms with E-state index in [0.717, 1.165) is 5.92 Å². The van der Waals surface area contributed by atoms with Crippen LogP contribution < -0.4 is 0 Å². The lowest BCUT2D eigenvalue weighted by molar-refractivity contribution is 0.272. The van der Waals surface area contributed by atoms with Crippen molar-refractivity contribution in [3.05, 3.63) is 0 Å². The maximum Gasteiger partial charge on any atom is 0.00935 e. The van der Waals surface area contributed by atoms with E-state index in [9.17, 15) is 0 Å². The van der Waals surface area contributed by atoms with Crippen molar-refractivity contribution >= 4 is 12.6 Å². The molecule has 0 aliphatic heterocycles. The zero-order valence-corrected chi connectivity index (χ0v) is 10.8. The van der Waals surface area contributed by atoms with Crippen molar-refractivity contribution in [3.8, 4) is 0 Å². The highest BCUT2D eigenvalue weighted by Crippen LogP contribution is 2.35. The molecule has 0 bridgehead atoms. The minimum Gasteiger partial charge on any atom is -0.175 e. The minimum atomic E-state index is 0.385. The summed E-state index contributed by atoms with van der Waals surface area (Å²) >= 11 is 4.76. The second-order valence-electron chi connectivity index (χ2n) is 4.91. The van der Waals surface area contributed by atoms with Crippen molar-refractivity contribution in [2.24, 2.45) is 11.3 Å². The predicted molar refractivity (Wildman–Crippen MR) is 65.5 cm³/mol. The van der Waals surface area contributed by atoms with Gasteiger partial charge in [0.15, 0.2) is 0 Å². The van der Waals surface area contributed by atoms with E-state index in [2.05, 4.69) is 34.6 Å². The summed E-state index contributed by atoms with van der Waals surface area (Å²) in [4.78, 5) is 0. The van der Waals surface area contributed by atoms with E-state index < -0.39 is 0 Å². The third-order valence-electron chi connectivity index (χ3n) is 3.26. The van der Waals surface area contributed by atoms with Crippen molar-refractivity contribution < 1.29 is 0 Å². The molecule has 2 atom stereocenters. The number of unbranched alkanes of at least 4 members (excludes halogenated alkanes) is 1. The summed E-state index contributed by atoms with van der Waals surface area (Å²) in [5.74, 6) is 0.748. The fourth-order valence-corrected chi connectivity index (χ4v) is 1.99. The lowest BCUT2D eigenvalue weighted by atomic mass is 9.79. The first-order valence-electron chi connectivity index (χ1n) is 5.63. The highest BCUT2D eigenvalue weighted by atomic mass is 32.1. The molecule has 1 heteroatoms. The van der Waals surface area contributed by atoms with Crippen LogP contribution in [-0.4, -0.2) is 5.25 Å². The SMILES string of the molecule is CCCCC(C)C(S)C(C)(C)CC. The normalized spacial score (nSPS) is 17.1. The second kappa shape index (κ2) is 5.95. The van der Waals surface area contributed by atoms with E-state index in [1.54, 1.807) is 0 Å². The first-order chi connectivity index (χ1) is 5.95. The number of hydrogen-bond acceptors (Lipinski definition) is 1. The van der Waals surface area contributed by atoms with Gasteiger partial charge in [-0.25, -0.2) is 0 Å². The van der Waals surface area contributed by atoms with E-state index in [1.165, 1.54) is 25.7 Å². The topological polar surface area (TPSA) is 0 Å². The minimum absolute atomic E-state index is 0.385. The smallest absolute Gasteiger partial charge is 0.00935 e. The molecular weight excluding hydrogens is 176 g/mol. The lowest BCUT2D eigenvalue weighted by Crippen LogP contribution is -2.29. The Morgan fingerprint density at radius 1 is 1.23 bits per heavy atom. The van der Waals surface area contributed by atoms with E-state index >= 15 is 0 Å². The summed E-state index contributed by atoms with van der Waals surface area (Å²) in [5, 5.41) is 0.545. The highest BCUT2D eigenvalue weighted by molar-refractivity contribution is 7.81. The molecule has 0 aliphatic rings. The maximum atomic E-state index is 4.76. The molecule has 0 aromatic carbocycles. The van der Waals surface area contributed by atoms with Gasteiger partial charge in [-0.05, 0) is 24.2 Å². The van der Waals surface area contributed by atoms with E-state index in [1.807, 2.05) is 0 Å². The Labute approximate surface area is 89.9 Å². The van der Waals surface area contributed by atoms with E-state index in [0.29, 0.717) is 10.7 Å². The van der Waals surface area contributed by atoms with Gasteiger partial charge in [-0.1, -0.05) is 47.5 Å². The van der Waals surface area contributed by atoms with Gasteiger partial charge in [-0.15, -0.1) is 0 Å². The molecule has 0 radical (unpaired) electrons. The molecule has 0 aromatic heterocycles. The molecule has 80 valence electrons. The van der Waals surface area contributed by atoms with Gasteiger partial charge in [-0.3, -0.25) is 0 Å². The second-order valence-corrected chi connectivity index (χ2v) is 5.46. The highest BCUT2D eigenvalue weighted by Gasteiger charge is 2.28. The van der Waals surface area contributed by atoms with Gasteiger partial charge in [0.25, 0.3) is 0 Å². The van der Waals surface area contributed by atoms with Crippen LogP contribution in [0.15, 0.2) is 0 Å². The van der Waals surface area contributed by atoms with Gasteiger partial charge in [-0.2, -0.15) is 12.6 Å². The summed E-state index contributed by atoms with van der Waals surface area (Å²) in [7, 11) is 0. The average molecular weight is 202 g/mol. The first kappa shape index (κ1) is 13.4. The molecule has 2 unspecified atom stereocenters. The quantitative estimate of drug-likeness (QED) is 0.600. The lowest BCUT2D eigenvalue weighted by Gasteiger charge is -2.34. The fraction of sp³-hybridized carbons (Fsp3) is 1.00. The third kappa shape index (κ3) is 4.39. The fourth-order valence-electron chi connectivity index (χ4n) is 1.66. The molecule has 0 aromatic rings. The molecule has 0 nitrogen and oxygen atoms in total. The van der Waals surface area contributed by atoms with Crippen LogP contribution in [0.2, 0.25) is 0 Å². The summed E-state index contributed by atoms with van der Waals surface area (Å²) in [6.07, 6.45) is 5.20. The van der Waals surface area contributed by atoms with Gasteiger partial charge >= 0.3 is 0 Å². The zero-order chi connectivity index (χ0) is 10.5. The monoisotopic (exact) mass is 202 g/mol. The van der Waals surface area contributed by atoms with Crippen LogP contribution >= 0.6 is 12.6 Å². The van der Waals surface area contributed by atoms with Crippen molar-refractivity contribution in [2.75, 3.05) is 0 Å². The molecule has 0 heterocycles. The van der Waals surface area contributed by atoms with Crippen LogP contribution in [-0.2, 0) is 0 Å². The van der Waals surface area contributed by atoms with Gasteiger partial charge < -0.3 is 0 Å². The van der Waals surface area contributed by atoms with Crippen LogP contribution in [0.3, 0.4) is 0 Å². The van der Waals surface area contributed by atoms with Gasteiger partial charge in [0.1, 0.15) is 0 Å². The average Bonchev–Trinajstić information content (AvgIpc) is 2.12. The zero-order valence-electron chi connectivity index (χ0n) is 9.93. The Morgan fingerprint density at radius 3 is 2.15 bits per heavy atom. The van der Waals surface area contributed by atoms with Crippen molar-refractivity contribution in [1.82, 2.24) is 0 Å². The van der Waals surface area contributed by atoms with E-state index in [-0.39, 0.29) is 0 Å². The van der Waals surface area contributed by atoms with Crippen molar-refractivity contribution in [1.29, 1.82) is 0 Å². The van der Waals surface area contributed by atoms with Gasteiger partial charge in [0.05, 0.1) is 0 Å². The van der Waals surface area contributed by atoms with Gasteiger partial charge in [0.2, 0.25) is 0 Å². The Balaban J connectivity index is 4.00. The number of thiol groups is 1. The molecule has 0 saturated heterocycles. The Kier molecular flexibility index (Phi) is 6.11. The van der Waals surface area contributed by atoms with Crippen LogP contribution in [0.5, 0.6) is 0 Å². The molecule has 0 spiro atoms. The number of rotatable bonds is 6. The summed E-state index contributed by atoms with van der Waals surface area (Å²) in [6, 6.07) is 0. The third-order valence-corrected chi connectivity index (χ3v) is 4.47. The van der Waals surface area contributed by atoms with Gasteiger partial charge in [0, 0.05) is 5.25 Å². The molecule has 0 amide bonds. The van der Waals surface area contributed by atoms with E-state index in [4.69, 9.17) is 12.6 Å². The molecule has 0 rings (SSSR count). The summed E-state index contributed by atoms with van der Waals surface area (Å²) in [6.45, 7) is 11.5. The largest absolute Gasteiger partial charge is 0.175 e. The maximum absolute atomic E-state index is 4.76. The van der Waals surface area contributed by atoms with Crippen molar-refractivity contribution in [2.45, 2.75) is 65.6 Å². The van der Waals surface area contributed by atoms with Crippen LogP contribution in [0.4, 0.5) is 0 Å². The predicted octanol–water partition coefficient (Wildman–Crippen LogP) is 4.55. The summed E-state index contributed by atoms with van der Waals surface area (Å²) in [5.41, 5.74) is 0.385. The summed E-state index contributed by atoms with van der Waals surface area (Å²) < 4.78 is 0. The Morgan fingerprint density at radius 2 is 1.77 bits per heavy atom. The Hall–Kier alpha value is 0.350. The number of hydrogen-bond donors (Lipinski definition) is 1.